The molecule has 0 aliphatic heterocycles. The van der Waals surface area contributed by atoms with E-state index in [0.717, 1.165) is 0 Å². The number of hydrogen-bond acceptors (Lipinski definition) is 2. The van der Waals surface area contributed by atoms with Crippen LogP contribution in [0.1, 0.15) is 10.4 Å². The highest BCUT2D eigenvalue weighted by Gasteiger charge is 2.12. The van der Waals surface area contributed by atoms with Crippen molar-refractivity contribution in [2.24, 2.45) is 0 Å². The Kier molecular flexibility index (Phi) is 4.20. The van der Waals surface area contributed by atoms with Crippen LogP contribution < -0.4 is 5.32 Å². The van der Waals surface area contributed by atoms with E-state index in [4.69, 9.17) is 34.8 Å². The molecule has 2 aromatic rings. The normalized spacial score (nSPS) is 10.3. The maximum Gasteiger partial charge on any atom is 0.255 e. The molecule has 0 saturated carbocycles. The van der Waals surface area contributed by atoms with Gasteiger partial charge in [-0.15, -0.1) is 0 Å². The monoisotopic (exact) mass is 315 g/mol. The summed E-state index contributed by atoms with van der Waals surface area (Å²) in [6, 6.07) is 9.14. The Balaban J connectivity index is 2.26. The largest absolute Gasteiger partial charge is 0.504 e. The molecule has 0 aliphatic rings. The molecular formula is C13H8Cl3NO2. The topological polar surface area (TPSA) is 49.3 Å². The third-order valence-corrected chi connectivity index (χ3v) is 3.14. The number of rotatable bonds is 2. The van der Waals surface area contributed by atoms with E-state index in [1.54, 1.807) is 24.3 Å². The zero-order valence-corrected chi connectivity index (χ0v) is 11.7. The third-order valence-electron chi connectivity index (χ3n) is 2.38. The predicted molar refractivity (Wildman–Crippen MR) is 77.5 cm³/mol. The van der Waals surface area contributed by atoms with Crippen molar-refractivity contribution in [1.82, 2.24) is 0 Å². The average molecular weight is 317 g/mol. The predicted octanol–water partition coefficient (Wildman–Crippen LogP) is 4.60. The van der Waals surface area contributed by atoms with Crippen molar-refractivity contribution in [2.45, 2.75) is 0 Å². The fourth-order valence-corrected chi connectivity index (χ4v) is 2.08. The van der Waals surface area contributed by atoms with Crippen LogP contribution in [0, 0.1) is 0 Å². The summed E-state index contributed by atoms with van der Waals surface area (Å²) < 4.78 is 0. The number of anilines is 1. The van der Waals surface area contributed by atoms with Crippen molar-refractivity contribution in [2.75, 3.05) is 5.32 Å². The van der Waals surface area contributed by atoms with Crippen molar-refractivity contribution in [3.8, 4) is 5.75 Å². The first-order chi connectivity index (χ1) is 8.97. The number of benzene rings is 2. The summed E-state index contributed by atoms with van der Waals surface area (Å²) in [7, 11) is 0. The zero-order valence-electron chi connectivity index (χ0n) is 9.45. The van der Waals surface area contributed by atoms with Crippen molar-refractivity contribution >= 4 is 46.4 Å². The summed E-state index contributed by atoms with van der Waals surface area (Å²) in [5.74, 6) is -0.626. The fraction of sp³-hybridized carbons (Fsp3) is 0. The summed E-state index contributed by atoms with van der Waals surface area (Å²) in [6.07, 6.45) is 0. The van der Waals surface area contributed by atoms with Gasteiger partial charge < -0.3 is 10.4 Å². The van der Waals surface area contributed by atoms with Crippen LogP contribution in [0.4, 0.5) is 5.69 Å². The highest BCUT2D eigenvalue weighted by Crippen LogP contribution is 2.35. The van der Waals surface area contributed by atoms with Gasteiger partial charge in [0.1, 0.15) is 0 Å². The van der Waals surface area contributed by atoms with Crippen LogP contribution in [-0.2, 0) is 0 Å². The number of carbonyl (C=O) groups is 1. The molecule has 0 saturated heterocycles. The minimum atomic E-state index is -0.398. The molecule has 0 bridgehead atoms. The fourth-order valence-electron chi connectivity index (χ4n) is 1.46. The van der Waals surface area contributed by atoms with Gasteiger partial charge in [0.15, 0.2) is 5.75 Å². The lowest BCUT2D eigenvalue weighted by Gasteiger charge is -2.09. The van der Waals surface area contributed by atoms with E-state index in [-0.39, 0.29) is 16.5 Å². The van der Waals surface area contributed by atoms with Crippen LogP contribution >= 0.6 is 34.8 Å². The van der Waals surface area contributed by atoms with Crippen LogP contribution in [0.5, 0.6) is 5.75 Å². The van der Waals surface area contributed by atoms with E-state index >= 15 is 0 Å². The standard InChI is InChI=1S/C13H8Cl3NO2/c14-8-3-1-7(2-4-8)13(19)17-11-6-9(15)5-10(16)12(11)18/h1-6,18H,(H,17,19). The summed E-state index contributed by atoms with van der Waals surface area (Å²) in [6.45, 7) is 0. The van der Waals surface area contributed by atoms with Crippen LogP contribution in [-0.4, -0.2) is 11.0 Å². The number of amides is 1. The highest BCUT2D eigenvalue weighted by atomic mass is 35.5. The molecule has 6 heteroatoms. The van der Waals surface area contributed by atoms with Crippen LogP contribution in [0.15, 0.2) is 36.4 Å². The lowest BCUT2D eigenvalue weighted by atomic mass is 10.2. The lowest BCUT2D eigenvalue weighted by Crippen LogP contribution is -2.11. The van der Waals surface area contributed by atoms with Gasteiger partial charge >= 0.3 is 0 Å². The van der Waals surface area contributed by atoms with E-state index in [2.05, 4.69) is 5.32 Å². The Labute approximate surface area is 124 Å². The van der Waals surface area contributed by atoms with Gasteiger partial charge in [0.05, 0.1) is 10.7 Å². The van der Waals surface area contributed by atoms with Gasteiger partial charge in [0, 0.05) is 15.6 Å². The molecule has 0 unspecified atom stereocenters. The number of phenols is 1. The van der Waals surface area contributed by atoms with E-state index in [1.165, 1.54) is 12.1 Å². The Bertz CT molecular complexity index is 627. The van der Waals surface area contributed by atoms with Crippen LogP contribution in [0.2, 0.25) is 15.1 Å². The molecule has 1 amide bonds. The van der Waals surface area contributed by atoms with Crippen molar-refractivity contribution in [1.29, 1.82) is 0 Å². The van der Waals surface area contributed by atoms with E-state index in [9.17, 15) is 9.90 Å². The summed E-state index contributed by atoms with van der Waals surface area (Å²) >= 11 is 17.3. The SMILES string of the molecule is O=C(Nc1cc(Cl)cc(Cl)c1O)c1ccc(Cl)cc1. The molecule has 2 rings (SSSR count). The molecule has 19 heavy (non-hydrogen) atoms. The van der Waals surface area contributed by atoms with Gasteiger partial charge in [-0.2, -0.15) is 0 Å². The molecule has 0 heterocycles. The van der Waals surface area contributed by atoms with Gasteiger partial charge in [0.25, 0.3) is 5.91 Å². The first kappa shape index (κ1) is 14.0. The number of aromatic hydroxyl groups is 1. The summed E-state index contributed by atoms with van der Waals surface area (Å²) in [5, 5.41) is 13.2. The second kappa shape index (κ2) is 5.70. The van der Waals surface area contributed by atoms with Crippen LogP contribution in [0.3, 0.4) is 0 Å². The number of nitrogens with one attached hydrogen (secondary N) is 1. The Morgan fingerprint density at radius 1 is 1.00 bits per heavy atom. The molecule has 0 radical (unpaired) electrons. The second-order valence-corrected chi connectivity index (χ2v) is 5.02. The molecule has 0 atom stereocenters. The number of carbonyl (C=O) groups excluding carboxylic acids is 1. The number of halogens is 3. The van der Waals surface area contributed by atoms with Crippen LogP contribution in [0.25, 0.3) is 0 Å². The van der Waals surface area contributed by atoms with Gasteiger partial charge in [0.2, 0.25) is 0 Å². The zero-order chi connectivity index (χ0) is 14.0. The van der Waals surface area contributed by atoms with Gasteiger partial charge in [-0.3, -0.25) is 4.79 Å². The molecule has 0 spiro atoms. The average Bonchev–Trinajstić information content (AvgIpc) is 2.36. The molecular weight excluding hydrogens is 309 g/mol. The van der Waals surface area contributed by atoms with E-state index in [0.29, 0.717) is 15.6 Å². The molecule has 98 valence electrons. The Morgan fingerprint density at radius 3 is 2.26 bits per heavy atom. The maximum atomic E-state index is 11.9. The summed E-state index contributed by atoms with van der Waals surface area (Å²) in [5.41, 5.74) is 0.553. The summed E-state index contributed by atoms with van der Waals surface area (Å²) in [4.78, 5) is 11.9. The Hall–Kier alpha value is -1.42. The van der Waals surface area contributed by atoms with Crippen molar-refractivity contribution in [3.63, 3.8) is 0 Å². The van der Waals surface area contributed by atoms with Gasteiger partial charge in [-0.25, -0.2) is 0 Å². The van der Waals surface area contributed by atoms with Gasteiger partial charge in [-0.1, -0.05) is 34.8 Å². The lowest BCUT2D eigenvalue weighted by molar-refractivity contribution is 0.102. The minimum Gasteiger partial charge on any atom is -0.504 e. The molecule has 2 aromatic carbocycles. The van der Waals surface area contributed by atoms with Crippen molar-refractivity contribution < 1.29 is 9.90 Å². The molecule has 0 aromatic heterocycles. The van der Waals surface area contributed by atoms with E-state index < -0.39 is 5.91 Å². The highest BCUT2D eigenvalue weighted by molar-refractivity contribution is 6.36. The number of hydrogen-bond donors (Lipinski definition) is 2. The molecule has 0 aliphatic carbocycles. The second-order valence-electron chi connectivity index (χ2n) is 3.74. The molecule has 3 nitrogen and oxygen atoms in total. The maximum absolute atomic E-state index is 11.9. The molecule has 0 fully saturated rings. The van der Waals surface area contributed by atoms with E-state index in [1.807, 2.05) is 0 Å². The Morgan fingerprint density at radius 2 is 1.63 bits per heavy atom. The number of phenolic OH excluding ortho intramolecular Hbond substituents is 1. The quantitative estimate of drug-likeness (QED) is 0.795. The van der Waals surface area contributed by atoms with Crippen molar-refractivity contribution in [3.05, 3.63) is 57.0 Å². The minimum absolute atomic E-state index is 0.0684. The first-order valence-corrected chi connectivity index (χ1v) is 6.35. The first-order valence-electron chi connectivity index (χ1n) is 5.22. The smallest absolute Gasteiger partial charge is 0.255 e. The van der Waals surface area contributed by atoms with Gasteiger partial charge in [-0.05, 0) is 36.4 Å². The third kappa shape index (κ3) is 3.32. The molecule has 2 N–H and O–H groups in total.